The first-order valence-corrected chi connectivity index (χ1v) is 10.3. The highest BCUT2D eigenvalue weighted by molar-refractivity contribution is 7.89. The number of amides is 2. The summed E-state index contributed by atoms with van der Waals surface area (Å²) in [6.07, 6.45) is 0.308. The van der Waals surface area contributed by atoms with E-state index in [1.807, 2.05) is 12.2 Å². The van der Waals surface area contributed by atoms with Crippen LogP contribution in [0.3, 0.4) is 0 Å². The number of hydrogen-bond donors (Lipinski definition) is 1. The monoisotopic (exact) mass is 412 g/mol. The predicted octanol–water partition coefficient (Wildman–Crippen LogP) is 1.68. The van der Waals surface area contributed by atoms with Gasteiger partial charge in [-0.15, -0.1) is 0 Å². The molecular formula is C18H24N2O7S. The average Bonchev–Trinajstić information content (AvgIpc) is 2.67. The lowest BCUT2D eigenvalue weighted by Crippen LogP contribution is -2.42. The second kappa shape index (κ2) is 9.16. The molecule has 0 aliphatic carbocycles. The van der Waals surface area contributed by atoms with Crippen LogP contribution in [0.15, 0.2) is 29.2 Å². The molecule has 2 amide bonds. The minimum absolute atomic E-state index is 0.0107. The number of hydrogen-bond acceptors (Lipinski definition) is 7. The van der Waals surface area contributed by atoms with E-state index in [1.165, 1.54) is 35.5 Å². The Balaban J connectivity index is 2.14. The molecule has 9 nitrogen and oxygen atoms in total. The summed E-state index contributed by atoms with van der Waals surface area (Å²) in [5, 5.41) is 1.89. The molecule has 28 heavy (non-hydrogen) atoms. The van der Waals surface area contributed by atoms with Crippen LogP contribution in [-0.4, -0.2) is 56.5 Å². The van der Waals surface area contributed by atoms with Crippen molar-refractivity contribution in [1.29, 1.82) is 0 Å². The van der Waals surface area contributed by atoms with E-state index in [0.717, 1.165) is 26.4 Å². The lowest BCUT2D eigenvalue weighted by molar-refractivity contribution is -0.128. The highest BCUT2D eigenvalue weighted by atomic mass is 32.2. The summed E-state index contributed by atoms with van der Waals surface area (Å²) in [6.45, 7) is 3.57. The number of benzene rings is 1. The number of carbonyl (C=O) groups is 3. The van der Waals surface area contributed by atoms with Gasteiger partial charge in [-0.1, -0.05) is 12.5 Å². The molecule has 1 saturated heterocycles. The van der Waals surface area contributed by atoms with Crippen molar-refractivity contribution < 1.29 is 32.3 Å². The summed E-state index contributed by atoms with van der Waals surface area (Å²) in [6, 6.07) is 5.37. The number of nitrogens with one attached hydrogen (secondary N) is 1. The van der Waals surface area contributed by atoms with Crippen LogP contribution in [-0.2, 0) is 24.3 Å². The van der Waals surface area contributed by atoms with Crippen molar-refractivity contribution in [3.05, 3.63) is 29.8 Å². The third-order valence-corrected chi connectivity index (χ3v) is 6.49. The summed E-state index contributed by atoms with van der Waals surface area (Å²) >= 11 is 0. The van der Waals surface area contributed by atoms with Gasteiger partial charge in [0.25, 0.3) is 5.91 Å². The number of sulfonamides is 1. The topological polar surface area (TPSA) is 119 Å². The van der Waals surface area contributed by atoms with E-state index in [-0.39, 0.29) is 16.5 Å². The third kappa shape index (κ3) is 5.08. The van der Waals surface area contributed by atoms with Crippen molar-refractivity contribution in [1.82, 2.24) is 9.62 Å². The van der Waals surface area contributed by atoms with Crippen LogP contribution in [0.2, 0.25) is 0 Å². The summed E-state index contributed by atoms with van der Waals surface area (Å²) in [5.74, 6) is -1.73. The van der Waals surface area contributed by atoms with Gasteiger partial charge >= 0.3 is 12.1 Å². The Morgan fingerprint density at radius 2 is 1.96 bits per heavy atom. The number of alkyl carbamates (subject to hydrolysis) is 1. The summed E-state index contributed by atoms with van der Waals surface area (Å²) in [7, 11) is -2.65. The van der Waals surface area contributed by atoms with Crippen molar-refractivity contribution in [3.8, 4) is 0 Å². The van der Waals surface area contributed by atoms with E-state index in [2.05, 4.69) is 4.74 Å². The SMILES string of the molecule is COC(=O)NC(=O)[C@H](C)OC(=O)c1cccc(S(=O)(=O)N2CCCC[C@H]2C)c1. The Morgan fingerprint density at radius 1 is 1.25 bits per heavy atom. The number of imide groups is 1. The van der Waals surface area contributed by atoms with Gasteiger partial charge in [0.1, 0.15) is 0 Å². The van der Waals surface area contributed by atoms with Crippen molar-refractivity contribution >= 4 is 28.0 Å². The van der Waals surface area contributed by atoms with Gasteiger partial charge in [0.15, 0.2) is 6.10 Å². The minimum atomic E-state index is -3.75. The number of nitrogens with zero attached hydrogens (tertiary/aromatic N) is 1. The number of esters is 1. The Hall–Kier alpha value is -2.46. The van der Waals surface area contributed by atoms with Crippen molar-refractivity contribution in [2.75, 3.05) is 13.7 Å². The van der Waals surface area contributed by atoms with Gasteiger partial charge in [-0.3, -0.25) is 10.1 Å². The maximum absolute atomic E-state index is 12.9. The zero-order valence-corrected chi connectivity index (χ0v) is 16.8. The van der Waals surface area contributed by atoms with E-state index < -0.39 is 34.1 Å². The summed E-state index contributed by atoms with van der Waals surface area (Å²) in [4.78, 5) is 35.1. The number of ether oxygens (including phenoxy) is 2. The van der Waals surface area contributed by atoms with Crippen LogP contribution < -0.4 is 5.32 Å². The van der Waals surface area contributed by atoms with Crippen LogP contribution in [0.5, 0.6) is 0 Å². The molecule has 0 unspecified atom stereocenters. The smallest absolute Gasteiger partial charge is 0.413 e. The lowest BCUT2D eigenvalue weighted by Gasteiger charge is -2.32. The lowest BCUT2D eigenvalue weighted by atomic mass is 10.1. The molecule has 1 aromatic carbocycles. The third-order valence-electron chi connectivity index (χ3n) is 4.48. The fourth-order valence-corrected chi connectivity index (χ4v) is 4.63. The van der Waals surface area contributed by atoms with E-state index in [4.69, 9.17) is 4.74 Å². The Labute approximate surface area is 164 Å². The molecule has 0 radical (unpaired) electrons. The van der Waals surface area contributed by atoms with Gasteiger partial charge in [0.2, 0.25) is 10.0 Å². The summed E-state index contributed by atoms with van der Waals surface area (Å²) in [5.41, 5.74) is -0.0107. The van der Waals surface area contributed by atoms with E-state index >= 15 is 0 Å². The van der Waals surface area contributed by atoms with Gasteiger partial charge in [-0.2, -0.15) is 4.31 Å². The molecule has 1 aromatic rings. The quantitative estimate of drug-likeness (QED) is 0.731. The fraction of sp³-hybridized carbons (Fsp3) is 0.500. The molecule has 0 aromatic heterocycles. The number of methoxy groups -OCH3 is 1. The predicted molar refractivity (Wildman–Crippen MR) is 99.1 cm³/mol. The van der Waals surface area contributed by atoms with Gasteiger partial charge in [-0.25, -0.2) is 18.0 Å². The molecule has 0 bridgehead atoms. The first-order chi connectivity index (χ1) is 13.2. The molecule has 1 fully saturated rings. The van der Waals surface area contributed by atoms with Gasteiger partial charge in [-0.05, 0) is 44.9 Å². The molecule has 0 spiro atoms. The van der Waals surface area contributed by atoms with Crippen LogP contribution in [0.25, 0.3) is 0 Å². The molecule has 1 aliphatic heterocycles. The molecular weight excluding hydrogens is 388 g/mol. The van der Waals surface area contributed by atoms with Gasteiger partial charge in [0, 0.05) is 12.6 Å². The molecule has 2 atom stereocenters. The molecule has 0 saturated carbocycles. The maximum Gasteiger partial charge on any atom is 0.413 e. The number of carbonyl (C=O) groups excluding carboxylic acids is 3. The first kappa shape index (κ1) is 21.8. The molecule has 1 aliphatic rings. The van der Waals surface area contributed by atoms with Crippen LogP contribution in [0.1, 0.15) is 43.5 Å². The fourth-order valence-electron chi connectivity index (χ4n) is 2.88. The Kier molecular flexibility index (Phi) is 7.14. The van der Waals surface area contributed by atoms with Crippen molar-refractivity contribution in [3.63, 3.8) is 0 Å². The number of piperidine rings is 1. The van der Waals surface area contributed by atoms with E-state index in [1.54, 1.807) is 0 Å². The van der Waals surface area contributed by atoms with Crippen molar-refractivity contribution in [2.24, 2.45) is 0 Å². The molecule has 10 heteroatoms. The molecule has 2 rings (SSSR count). The van der Waals surface area contributed by atoms with Crippen LogP contribution >= 0.6 is 0 Å². The second-order valence-corrected chi connectivity index (χ2v) is 8.41. The maximum atomic E-state index is 12.9. The van der Waals surface area contributed by atoms with Crippen LogP contribution in [0.4, 0.5) is 4.79 Å². The second-order valence-electron chi connectivity index (χ2n) is 6.52. The average molecular weight is 412 g/mol. The molecule has 154 valence electrons. The largest absolute Gasteiger partial charge is 0.453 e. The normalized spacial score (nSPS) is 18.8. The van der Waals surface area contributed by atoms with E-state index in [9.17, 15) is 22.8 Å². The Bertz CT molecular complexity index is 853. The zero-order valence-electron chi connectivity index (χ0n) is 16.0. The summed E-state index contributed by atoms with van der Waals surface area (Å²) < 4.78 is 36.6. The molecule has 1 heterocycles. The minimum Gasteiger partial charge on any atom is -0.453 e. The standard InChI is InChI=1S/C18H24N2O7S/c1-12-7-4-5-10-20(12)28(24,25)15-9-6-8-14(11-15)17(22)27-13(2)16(21)19-18(23)26-3/h6,8-9,11-13H,4-5,7,10H2,1-3H3,(H,19,21,23)/t12-,13+/m1/s1. The Morgan fingerprint density at radius 3 is 2.61 bits per heavy atom. The first-order valence-electron chi connectivity index (χ1n) is 8.88. The number of rotatable bonds is 5. The van der Waals surface area contributed by atoms with Crippen LogP contribution in [0, 0.1) is 0 Å². The highest BCUT2D eigenvalue weighted by Gasteiger charge is 2.31. The van der Waals surface area contributed by atoms with Crippen molar-refractivity contribution in [2.45, 2.75) is 50.2 Å². The zero-order chi connectivity index (χ0) is 20.9. The van der Waals surface area contributed by atoms with Gasteiger partial charge in [0.05, 0.1) is 17.6 Å². The molecule has 1 N–H and O–H groups in total. The van der Waals surface area contributed by atoms with E-state index in [0.29, 0.717) is 6.54 Å². The highest BCUT2D eigenvalue weighted by Crippen LogP contribution is 2.25. The van der Waals surface area contributed by atoms with Gasteiger partial charge < -0.3 is 9.47 Å².